The zero-order valence-electron chi connectivity index (χ0n) is 11.8. The van der Waals surface area contributed by atoms with Crippen LogP contribution in [0.4, 0.5) is 0 Å². The molecule has 1 atom stereocenters. The van der Waals surface area contributed by atoms with E-state index in [0.717, 1.165) is 23.2 Å². The number of aryl methyl sites for hydroxylation is 3. The third-order valence-corrected chi connectivity index (χ3v) is 3.38. The minimum atomic E-state index is -0.713. The van der Waals surface area contributed by atoms with Crippen LogP contribution >= 0.6 is 0 Å². The molecule has 4 nitrogen and oxygen atoms in total. The van der Waals surface area contributed by atoms with Crippen LogP contribution < -0.4 is 4.74 Å². The number of ether oxygens (including phenoxy) is 1. The third-order valence-electron chi connectivity index (χ3n) is 3.38. The number of aliphatic hydroxyl groups is 1. The second kappa shape index (κ2) is 5.45. The van der Waals surface area contributed by atoms with E-state index in [9.17, 15) is 5.11 Å². The third kappa shape index (κ3) is 2.49. The summed E-state index contributed by atoms with van der Waals surface area (Å²) in [5.74, 6) is 0.601. The van der Waals surface area contributed by atoms with Crippen molar-refractivity contribution in [2.75, 3.05) is 7.11 Å². The highest BCUT2D eigenvalue weighted by atomic mass is 16.5. The first-order valence-electron chi connectivity index (χ1n) is 6.42. The molecule has 0 saturated heterocycles. The summed E-state index contributed by atoms with van der Waals surface area (Å²) in [5.41, 5.74) is 3.62. The highest BCUT2D eigenvalue weighted by Gasteiger charge is 2.22. The Morgan fingerprint density at radius 2 is 1.95 bits per heavy atom. The summed E-state index contributed by atoms with van der Waals surface area (Å²) in [7, 11) is 3.40. The number of aromatic nitrogens is 2. The van der Waals surface area contributed by atoms with E-state index in [0.29, 0.717) is 5.88 Å². The van der Waals surface area contributed by atoms with Crippen LogP contribution in [0.25, 0.3) is 0 Å². The summed E-state index contributed by atoms with van der Waals surface area (Å²) in [6.45, 7) is 3.99. The van der Waals surface area contributed by atoms with E-state index < -0.39 is 6.10 Å². The van der Waals surface area contributed by atoms with Crippen molar-refractivity contribution in [3.05, 3.63) is 46.6 Å². The smallest absolute Gasteiger partial charge is 0.217 e. The van der Waals surface area contributed by atoms with Crippen LogP contribution in [-0.2, 0) is 13.5 Å². The Kier molecular flexibility index (Phi) is 3.90. The van der Waals surface area contributed by atoms with Gasteiger partial charge in [-0.05, 0) is 24.5 Å². The molecule has 0 aliphatic heterocycles. The van der Waals surface area contributed by atoms with Gasteiger partial charge in [-0.15, -0.1) is 0 Å². The van der Waals surface area contributed by atoms with Crippen molar-refractivity contribution in [3.63, 3.8) is 0 Å². The van der Waals surface area contributed by atoms with E-state index in [1.54, 1.807) is 11.8 Å². The van der Waals surface area contributed by atoms with Gasteiger partial charge in [0.15, 0.2) is 0 Å². The summed E-state index contributed by atoms with van der Waals surface area (Å²) in [4.78, 5) is 0. The molecule has 0 aliphatic carbocycles. The summed E-state index contributed by atoms with van der Waals surface area (Å²) in [6, 6.07) is 7.98. The van der Waals surface area contributed by atoms with Crippen molar-refractivity contribution < 1.29 is 9.84 Å². The molecular formula is C15H20N2O2. The van der Waals surface area contributed by atoms with Crippen LogP contribution in [0, 0.1) is 6.92 Å². The predicted molar refractivity (Wildman–Crippen MR) is 74.4 cm³/mol. The Morgan fingerprint density at radius 1 is 1.32 bits per heavy atom. The summed E-state index contributed by atoms with van der Waals surface area (Å²) < 4.78 is 6.97. The average Bonchev–Trinajstić information content (AvgIpc) is 2.72. The molecular weight excluding hydrogens is 240 g/mol. The minimum Gasteiger partial charge on any atom is -0.481 e. The second-order valence-electron chi connectivity index (χ2n) is 4.63. The molecule has 0 aliphatic rings. The minimum absolute atomic E-state index is 0.601. The summed E-state index contributed by atoms with van der Waals surface area (Å²) in [5, 5.41) is 14.8. The van der Waals surface area contributed by atoms with Crippen molar-refractivity contribution in [1.82, 2.24) is 9.78 Å². The number of methoxy groups -OCH3 is 1. The fraction of sp³-hybridized carbons (Fsp3) is 0.400. The van der Waals surface area contributed by atoms with E-state index in [4.69, 9.17) is 4.74 Å². The van der Waals surface area contributed by atoms with Gasteiger partial charge in [-0.3, -0.25) is 0 Å². The Labute approximate surface area is 113 Å². The molecule has 1 aromatic heterocycles. The predicted octanol–water partition coefficient (Wildman–Crippen LogP) is 2.38. The average molecular weight is 260 g/mol. The molecule has 4 heteroatoms. The monoisotopic (exact) mass is 260 g/mol. The van der Waals surface area contributed by atoms with E-state index in [-0.39, 0.29) is 0 Å². The van der Waals surface area contributed by atoms with Crippen LogP contribution in [0.2, 0.25) is 0 Å². The lowest BCUT2D eigenvalue weighted by Crippen LogP contribution is -2.04. The number of hydrogen-bond acceptors (Lipinski definition) is 3. The highest BCUT2D eigenvalue weighted by molar-refractivity contribution is 5.40. The molecule has 2 aromatic rings. The number of rotatable bonds is 4. The zero-order valence-corrected chi connectivity index (χ0v) is 11.8. The van der Waals surface area contributed by atoms with Crippen molar-refractivity contribution in [2.24, 2.45) is 7.05 Å². The van der Waals surface area contributed by atoms with Gasteiger partial charge in [0, 0.05) is 7.05 Å². The van der Waals surface area contributed by atoms with Crippen LogP contribution in [-0.4, -0.2) is 22.0 Å². The first-order chi connectivity index (χ1) is 9.08. The lowest BCUT2D eigenvalue weighted by Gasteiger charge is -2.13. The Bertz CT molecular complexity index is 558. The van der Waals surface area contributed by atoms with Gasteiger partial charge in [-0.25, -0.2) is 4.68 Å². The normalized spacial score (nSPS) is 12.5. The van der Waals surface area contributed by atoms with Crippen molar-refractivity contribution >= 4 is 0 Å². The molecule has 2 rings (SSSR count). The first kappa shape index (κ1) is 13.6. The van der Waals surface area contributed by atoms with Gasteiger partial charge < -0.3 is 9.84 Å². The lowest BCUT2D eigenvalue weighted by atomic mass is 10.00. The zero-order chi connectivity index (χ0) is 14.0. The maximum atomic E-state index is 10.5. The maximum Gasteiger partial charge on any atom is 0.217 e. The second-order valence-corrected chi connectivity index (χ2v) is 4.63. The lowest BCUT2D eigenvalue weighted by molar-refractivity contribution is 0.213. The molecule has 102 valence electrons. The standard InChI is InChI=1S/C15H20N2O2/c1-5-11-6-8-12(9-7-11)14(18)13-10(2)16-17(3)15(13)19-4/h6-9,14,18H,5H2,1-4H3. The van der Waals surface area contributed by atoms with E-state index in [1.165, 1.54) is 5.56 Å². The molecule has 0 saturated carbocycles. The van der Waals surface area contributed by atoms with Crippen LogP contribution in [0.15, 0.2) is 24.3 Å². The van der Waals surface area contributed by atoms with Gasteiger partial charge in [0.25, 0.3) is 0 Å². The van der Waals surface area contributed by atoms with E-state index in [1.807, 2.05) is 38.2 Å². The van der Waals surface area contributed by atoms with Gasteiger partial charge in [-0.2, -0.15) is 5.10 Å². The Hall–Kier alpha value is -1.81. The fourth-order valence-electron chi connectivity index (χ4n) is 2.31. The van der Waals surface area contributed by atoms with Gasteiger partial charge in [0.2, 0.25) is 5.88 Å². The van der Waals surface area contributed by atoms with Crippen molar-refractivity contribution in [2.45, 2.75) is 26.4 Å². The largest absolute Gasteiger partial charge is 0.481 e. The fourth-order valence-corrected chi connectivity index (χ4v) is 2.31. The van der Waals surface area contributed by atoms with Crippen LogP contribution in [0.1, 0.15) is 35.4 Å². The molecule has 0 fully saturated rings. The van der Waals surface area contributed by atoms with E-state index >= 15 is 0 Å². The number of hydrogen-bond donors (Lipinski definition) is 1. The number of aliphatic hydroxyl groups excluding tert-OH is 1. The van der Waals surface area contributed by atoms with Crippen LogP contribution in [0.3, 0.4) is 0 Å². The maximum absolute atomic E-state index is 10.5. The van der Waals surface area contributed by atoms with Gasteiger partial charge in [0.05, 0.1) is 18.4 Å². The number of benzene rings is 1. The van der Waals surface area contributed by atoms with Gasteiger partial charge in [0.1, 0.15) is 6.10 Å². The van der Waals surface area contributed by atoms with E-state index in [2.05, 4.69) is 12.0 Å². The van der Waals surface area contributed by atoms with Gasteiger partial charge >= 0.3 is 0 Å². The van der Waals surface area contributed by atoms with Crippen molar-refractivity contribution in [1.29, 1.82) is 0 Å². The molecule has 0 radical (unpaired) electrons. The quantitative estimate of drug-likeness (QED) is 0.918. The Balaban J connectivity index is 2.40. The molecule has 0 amide bonds. The summed E-state index contributed by atoms with van der Waals surface area (Å²) >= 11 is 0. The highest BCUT2D eigenvalue weighted by Crippen LogP contribution is 2.32. The van der Waals surface area contributed by atoms with Crippen LogP contribution in [0.5, 0.6) is 5.88 Å². The first-order valence-corrected chi connectivity index (χ1v) is 6.42. The van der Waals surface area contributed by atoms with Gasteiger partial charge in [-0.1, -0.05) is 31.2 Å². The van der Waals surface area contributed by atoms with Crippen molar-refractivity contribution in [3.8, 4) is 5.88 Å². The molecule has 0 bridgehead atoms. The molecule has 1 heterocycles. The SMILES string of the molecule is CCc1ccc(C(O)c2c(C)nn(C)c2OC)cc1. The molecule has 19 heavy (non-hydrogen) atoms. The molecule has 1 unspecified atom stereocenters. The topological polar surface area (TPSA) is 47.3 Å². The Morgan fingerprint density at radius 3 is 2.47 bits per heavy atom. The molecule has 0 spiro atoms. The molecule has 1 N–H and O–H groups in total. The molecule has 1 aromatic carbocycles. The summed E-state index contributed by atoms with van der Waals surface area (Å²) in [6.07, 6.45) is 0.278. The number of nitrogens with zero attached hydrogens (tertiary/aromatic N) is 2.